The van der Waals surface area contributed by atoms with Crippen LogP contribution in [0, 0.1) is 0 Å². The molecule has 0 aliphatic carbocycles. The molecule has 0 radical (unpaired) electrons. The Morgan fingerprint density at radius 2 is 1.90 bits per heavy atom. The van der Waals surface area contributed by atoms with Crippen molar-refractivity contribution in [2.75, 3.05) is 20.2 Å². The minimum atomic E-state index is -4.44. The average molecular weight is 289 g/mol. The molecule has 0 heterocycles. The Labute approximate surface area is 116 Å². The highest BCUT2D eigenvalue weighted by molar-refractivity contribution is 5.83. The van der Waals surface area contributed by atoms with Gasteiger partial charge in [-0.2, -0.15) is 13.2 Å². The molecule has 0 saturated heterocycles. The average Bonchev–Trinajstić information content (AvgIpc) is 2.38. The van der Waals surface area contributed by atoms with E-state index in [1.54, 1.807) is 20.9 Å². The third kappa shape index (κ3) is 3.50. The van der Waals surface area contributed by atoms with Gasteiger partial charge in [-0.25, -0.2) is 0 Å². The van der Waals surface area contributed by atoms with E-state index in [1.807, 2.05) is 0 Å². The molecule has 0 spiro atoms. The van der Waals surface area contributed by atoms with Crippen molar-refractivity contribution in [3.8, 4) is 0 Å². The molecule has 0 aliphatic heterocycles. The fourth-order valence-corrected chi connectivity index (χ4v) is 1.97. The Bertz CT molecular complexity index is 474. The lowest BCUT2D eigenvalue weighted by molar-refractivity contribution is -0.149. The van der Waals surface area contributed by atoms with Crippen molar-refractivity contribution in [2.45, 2.75) is 25.4 Å². The molecular weight excluding hydrogens is 271 g/mol. The number of likely N-dealkylation sites (N-methyl/N-ethyl adjacent to an activating group) is 1. The van der Waals surface area contributed by atoms with Crippen LogP contribution in [-0.4, -0.2) is 26.2 Å². The zero-order valence-electron chi connectivity index (χ0n) is 11.7. The van der Waals surface area contributed by atoms with Gasteiger partial charge < -0.3 is 10.1 Å². The van der Waals surface area contributed by atoms with Gasteiger partial charge in [-0.3, -0.25) is 4.79 Å². The molecule has 0 aromatic heterocycles. The van der Waals surface area contributed by atoms with Gasteiger partial charge in [0.25, 0.3) is 0 Å². The van der Waals surface area contributed by atoms with E-state index in [0.717, 1.165) is 12.1 Å². The van der Waals surface area contributed by atoms with E-state index in [9.17, 15) is 18.0 Å². The molecule has 0 amide bonds. The van der Waals surface area contributed by atoms with Crippen molar-refractivity contribution < 1.29 is 22.7 Å². The van der Waals surface area contributed by atoms with E-state index in [-0.39, 0.29) is 18.7 Å². The number of hydrogen-bond acceptors (Lipinski definition) is 3. The number of hydrogen-bond donors (Lipinski definition) is 1. The first-order chi connectivity index (χ1) is 9.25. The number of halogens is 3. The summed E-state index contributed by atoms with van der Waals surface area (Å²) in [5, 5.41) is 2.82. The lowest BCUT2D eigenvalue weighted by Gasteiger charge is -2.28. The molecule has 1 aromatic rings. The number of esters is 1. The van der Waals surface area contributed by atoms with E-state index >= 15 is 0 Å². The van der Waals surface area contributed by atoms with Gasteiger partial charge in [-0.1, -0.05) is 18.2 Å². The lowest BCUT2D eigenvalue weighted by Crippen LogP contribution is -2.42. The normalized spacial score (nSPS) is 14.7. The van der Waals surface area contributed by atoms with Gasteiger partial charge >= 0.3 is 12.1 Å². The molecule has 3 nitrogen and oxygen atoms in total. The maximum Gasteiger partial charge on any atom is 0.416 e. The van der Waals surface area contributed by atoms with Crippen LogP contribution in [-0.2, 0) is 21.1 Å². The van der Waals surface area contributed by atoms with Gasteiger partial charge in [0.05, 0.1) is 12.2 Å². The first-order valence-corrected chi connectivity index (χ1v) is 6.25. The molecule has 1 aromatic carbocycles. The van der Waals surface area contributed by atoms with Crippen LogP contribution in [0.3, 0.4) is 0 Å². The van der Waals surface area contributed by atoms with Gasteiger partial charge in [-0.05, 0) is 32.5 Å². The maximum atomic E-state index is 12.8. The largest absolute Gasteiger partial charge is 0.465 e. The Hall–Kier alpha value is -1.56. The van der Waals surface area contributed by atoms with Crippen LogP contribution in [0.25, 0.3) is 0 Å². The fourth-order valence-electron chi connectivity index (χ4n) is 1.97. The molecule has 0 saturated carbocycles. The smallest absolute Gasteiger partial charge is 0.416 e. The molecule has 1 N–H and O–H groups in total. The van der Waals surface area contributed by atoms with Crippen molar-refractivity contribution in [1.29, 1.82) is 0 Å². The molecule has 0 bridgehead atoms. The summed E-state index contributed by atoms with van der Waals surface area (Å²) in [4.78, 5) is 12.1. The van der Waals surface area contributed by atoms with Crippen LogP contribution < -0.4 is 5.32 Å². The zero-order valence-corrected chi connectivity index (χ0v) is 11.7. The summed E-state index contributed by atoms with van der Waals surface area (Å²) < 4.78 is 43.3. The van der Waals surface area contributed by atoms with Gasteiger partial charge in [0, 0.05) is 6.54 Å². The molecule has 0 aliphatic rings. The van der Waals surface area contributed by atoms with Crippen LogP contribution in [0.5, 0.6) is 0 Å². The van der Waals surface area contributed by atoms with Crippen molar-refractivity contribution in [2.24, 2.45) is 0 Å². The molecule has 1 atom stereocenters. The first kappa shape index (κ1) is 16.5. The second kappa shape index (κ2) is 6.26. The first-order valence-electron chi connectivity index (χ1n) is 6.25. The van der Waals surface area contributed by atoms with Crippen LogP contribution in [0.2, 0.25) is 0 Å². The van der Waals surface area contributed by atoms with E-state index in [0.29, 0.717) is 0 Å². The van der Waals surface area contributed by atoms with Gasteiger partial charge in [0.2, 0.25) is 0 Å². The van der Waals surface area contributed by atoms with Crippen LogP contribution in [0.15, 0.2) is 24.3 Å². The molecular formula is C14H18F3NO2. The van der Waals surface area contributed by atoms with Gasteiger partial charge in [0.1, 0.15) is 5.41 Å². The predicted octanol–water partition coefficient (Wildman–Crippen LogP) is 2.75. The highest BCUT2D eigenvalue weighted by atomic mass is 19.4. The van der Waals surface area contributed by atoms with Crippen molar-refractivity contribution in [3.63, 3.8) is 0 Å². The quantitative estimate of drug-likeness (QED) is 0.847. The number of carbonyl (C=O) groups excluding carboxylic acids is 1. The summed E-state index contributed by atoms with van der Waals surface area (Å²) in [7, 11) is 1.63. The standard InChI is InChI=1S/C14H18F3NO2/c1-4-20-12(19)13(2,9-18-3)10-6-5-7-11(8-10)14(15,16)17/h5-8,18H,4,9H2,1-3H3. The number of ether oxygens (including phenoxy) is 1. The van der Waals surface area contributed by atoms with Crippen molar-refractivity contribution >= 4 is 5.97 Å². The molecule has 112 valence electrons. The Kier molecular flexibility index (Phi) is 5.16. The molecule has 20 heavy (non-hydrogen) atoms. The summed E-state index contributed by atoms with van der Waals surface area (Å²) in [5.41, 5.74) is -1.66. The number of alkyl halides is 3. The summed E-state index contributed by atoms with van der Waals surface area (Å²) in [6.07, 6.45) is -4.44. The number of benzene rings is 1. The Morgan fingerprint density at radius 3 is 2.40 bits per heavy atom. The highest BCUT2D eigenvalue weighted by Crippen LogP contribution is 2.33. The van der Waals surface area contributed by atoms with Crippen LogP contribution in [0.1, 0.15) is 25.0 Å². The second-order valence-electron chi connectivity index (χ2n) is 4.66. The van der Waals surface area contributed by atoms with Crippen molar-refractivity contribution in [3.05, 3.63) is 35.4 Å². The fraction of sp³-hybridized carbons (Fsp3) is 0.500. The number of nitrogens with one attached hydrogen (secondary N) is 1. The van der Waals surface area contributed by atoms with Gasteiger partial charge in [0.15, 0.2) is 0 Å². The van der Waals surface area contributed by atoms with E-state index in [1.165, 1.54) is 12.1 Å². The molecule has 1 unspecified atom stereocenters. The minimum Gasteiger partial charge on any atom is -0.465 e. The SMILES string of the molecule is CCOC(=O)C(C)(CNC)c1cccc(C(F)(F)F)c1. The van der Waals surface area contributed by atoms with E-state index in [4.69, 9.17) is 4.74 Å². The van der Waals surface area contributed by atoms with Crippen LogP contribution >= 0.6 is 0 Å². The summed E-state index contributed by atoms with van der Waals surface area (Å²) >= 11 is 0. The Morgan fingerprint density at radius 1 is 1.30 bits per heavy atom. The minimum absolute atomic E-state index is 0.178. The van der Waals surface area contributed by atoms with E-state index in [2.05, 4.69) is 5.32 Å². The summed E-state index contributed by atoms with van der Waals surface area (Å²) in [5.74, 6) is -0.548. The highest BCUT2D eigenvalue weighted by Gasteiger charge is 2.38. The molecule has 0 fully saturated rings. The molecule has 6 heteroatoms. The van der Waals surface area contributed by atoms with Crippen LogP contribution in [0.4, 0.5) is 13.2 Å². The molecule has 1 rings (SSSR count). The third-order valence-corrected chi connectivity index (χ3v) is 3.08. The number of rotatable bonds is 5. The van der Waals surface area contributed by atoms with E-state index < -0.39 is 23.1 Å². The van der Waals surface area contributed by atoms with Gasteiger partial charge in [-0.15, -0.1) is 0 Å². The second-order valence-corrected chi connectivity index (χ2v) is 4.66. The third-order valence-electron chi connectivity index (χ3n) is 3.08. The lowest BCUT2D eigenvalue weighted by atomic mass is 9.81. The maximum absolute atomic E-state index is 12.8. The zero-order chi connectivity index (χ0) is 15.4. The predicted molar refractivity (Wildman–Crippen MR) is 69.4 cm³/mol. The summed E-state index contributed by atoms with van der Waals surface area (Å²) in [6, 6.07) is 4.78. The number of carbonyl (C=O) groups is 1. The van der Waals surface area contributed by atoms with Crippen molar-refractivity contribution in [1.82, 2.24) is 5.32 Å². The summed E-state index contributed by atoms with van der Waals surface area (Å²) in [6.45, 7) is 3.59. The topological polar surface area (TPSA) is 38.3 Å². The monoisotopic (exact) mass is 289 g/mol. The Balaban J connectivity index is 3.25.